The quantitative estimate of drug-likeness (QED) is 0.553. The lowest BCUT2D eigenvalue weighted by molar-refractivity contribution is -0.119. The first-order valence-electron chi connectivity index (χ1n) is 9.87. The van der Waals surface area contributed by atoms with Crippen LogP contribution in [-0.2, 0) is 17.0 Å². The maximum Gasteiger partial charge on any atom is 0.336 e. The SMILES string of the molecule is CCc1ccc([C@H](C)NC(=O)CSCc2cc(=O)oc3cc(C)c(C)cc23)cc1. The van der Waals surface area contributed by atoms with Crippen molar-refractivity contribution >= 4 is 28.6 Å². The minimum Gasteiger partial charge on any atom is -0.423 e. The van der Waals surface area contributed by atoms with Crippen molar-refractivity contribution in [3.05, 3.63) is 80.7 Å². The molecule has 0 saturated carbocycles. The van der Waals surface area contributed by atoms with Gasteiger partial charge < -0.3 is 9.73 Å². The Labute approximate surface area is 175 Å². The fourth-order valence-electron chi connectivity index (χ4n) is 3.26. The molecule has 0 aliphatic rings. The summed E-state index contributed by atoms with van der Waals surface area (Å²) in [6.07, 6.45) is 1.00. The smallest absolute Gasteiger partial charge is 0.336 e. The van der Waals surface area contributed by atoms with Crippen molar-refractivity contribution in [3.8, 4) is 0 Å². The lowest BCUT2D eigenvalue weighted by atomic mass is 10.0. The van der Waals surface area contributed by atoms with Crippen molar-refractivity contribution in [2.75, 3.05) is 5.75 Å². The highest BCUT2D eigenvalue weighted by Crippen LogP contribution is 2.24. The van der Waals surface area contributed by atoms with Gasteiger partial charge in [-0.3, -0.25) is 4.79 Å². The molecule has 0 aliphatic carbocycles. The molecule has 1 amide bonds. The van der Waals surface area contributed by atoms with Crippen molar-refractivity contribution < 1.29 is 9.21 Å². The van der Waals surface area contributed by atoms with Crippen LogP contribution in [0.5, 0.6) is 0 Å². The molecule has 0 radical (unpaired) electrons. The zero-order valence-electron chi connectivity index (χ0n) is 17.4. The van der Waals surface area contributed by atoms with E-state index in [4.69, 9.17) is 4.42 Å². The molecule has 0 bridgehead atoms. The summed E-state index contributed by atoms with van der Waals surface area (Å²) in [5, 5.41) is 3.98. The van der Waals surface area contributed by atoms with E-state index in [2.05, 4.69) is 36.5 Å². The molecule has 4 nitrogen and oxygen atoms in total. The van der Waals surface area contributed by atoms with E-state index in [0.29, 0.717) is 17.1 Å². The lowest BCUT2D eigenvalue weighted by Gasteiger charge is -2.15. The van der Waals surface area contributed by atoms with Gasteiger partial charge >= 0.3 is 5.63 Å². The normalized spacial score (nSPS) is 12.1. The summed E-state index contributed by atoms with van der Waals surface area (Å²) in [4.78, 5) is 24.2. The minimum absolute atomic E-state index is 0.0126. The average Bonchev–Trinajstić information content (AvgIpc) is 2.69. The number of hydrogen-bond donors (Lipinski definition) is 1. The van der Waals surface area contributed by atoms with Gasteiger partial charge in [0.15, 0.2) is 0 Å². The molecule has 29 heavy (non-hydrogen) atoms. The second-order valence-corrected chi connectivity index (χ2v) is 8.39. The first kappa shape index (κ1) is 21.2. The van der Waals surface area contributed by atoms with Gasteiger partial charge in [-0.25, -0.2) is 4.79 Å². The van der Waals surface area contributed by atoms with Gasteiger partial charge in [0.25, 0.3) is 0 Å². The number of thioether (sulfide) groups is 1. The van der Waals surface area contributed by atoms with Gasteiger partial charge in [0.1, 0.15) is 5.58 Å². The molecule has 3 rings (SSSR count). The van der Waals surface area contributed by atoms with Crippen LogP contribution in [0.2, 0.25) is 0 Å². The number of carbonyl (C=O) groups is 1. The van der Waals surface area contributed by atoms with E-state index in [-0.39, 0.29) is 17.6 Å². The molecule has 0 spiro atoms. The van der Waals surface area contributed by atoms with Gasteiger partial charge in [0, 0.05) is 17.2 Å². The van der Waals surface area contributed by atoms with Gasteiger partial charge in [-0.1, -0.05) is 31.2 Å². The van der Waals surface area contributed by atoms with Gasteiger partial charge in [-0.2, -0.15) is 0 Å². The van der Waals surface area contributed by atoms with E-state index in [0.717, 1.165) is 34.1 Å². The summed E-state index contributed by atoms with van der Waals surface area (Å²) in [6.45, 7) is 8.15. The van der Waals surface area contributed by atoms with E-state index in [1.54, 1.807) is 0 Å². The van der Waals surface area contributed by atoms with Crippen LogP contribution in [0.15, 0.2) is 51.7 Å². The molecule has 3 aromatic rings. The maximum absolute atomic E-state index is 12.4. The Bertz CT molecular complexity index is 1070. The second kappa shape index (κ2) is 9.31. The molecule has 0 unspecified atom stereocenters. The summed E-state index contributed by atoms with van der Waals surface area (Å²) in [6, 6.07) is 13.8. The Morgan fingerprint density at radius 1 is 1.10 bits per heavy atom. The van der Waals surface area contributed by atoms with E-state index in [9.17, 15) is 9.59 Å². The summed E-state index contributed by atoms with van der Waals surface area (Å²) >= 11 is 1.50. The highest BCUT2D eigenvalue weighted by Gasteiger charge is 2.12. The Kier molecular flexibility index (Phi) is 6.80. The van der Waals surface area contributed by atoms with Crippen LogP contribution >= 0.6 is 11.8 Å². The van der Waals surface area contributed by atoms with Gasteiger partial charge in [-0.05, 0) is 67.1 Å². The van der Waals surface area contributed by atoms with Gasteiger partial charge in [0.05, 0.1) is 11.8 Å². The molecule has 1 aromatic heterocycles. The fraction of sp³-hybridized carbons (Fsp3) is 0.333. The first-order valence-corrected chi connectivity index (χ1v) is 11.0. The Morgan fingerprint density at radius 2 is 1.79 bits per heavy atom. The van der Waals surface area contributed by atoms with Crippen LogP contribution < -0.4 is 10.9 Å². The summed E-state index contributed by atoms with van der Waals surface area (Å²) in [5.74, 6) is 0.906. The molecule has 0 aliphatic heterocycles. The van der Waals surface area contributed by atoms with E-state index >= 15 is 0 Å². The number of amides is 1. The summed E-state index contributed by atoms with van der Waals surface area (Å²) < 4.78 is 5.34. The van der Waals surface area contributed by atoms with Crippen LogP contribution in [0.1, 0.15) is 47.7 Å². The number of benzene rings is 2. The van der Waals surface area contributed by atoms with Crippen LogP contribution in [0.25, 0.3) is 11.0 Å². The molecular weight excluding hydrogens is 382 g/mol. The van der Waals surface area contributed by atoms with Gasteiger partial charge in [-0.15, -0.1) is 11.8 Å². The van der Waals surface area contributed by atoms with Crippen LogP contribution in [0.3, 0.4) is 0 Å². The molecular formula is C24H27NO3S. The molecule has 0 saturated heterocycles. The second-order valence-electron chi connectivity index (χ2n) is 7.40. The van der Waals surface area contributed by atoms with E-state index < -0.39 is 0 Å². The summed E-state index contributed by atoms with van der Waals surface area (Å²) in [7, 11) is 0. The number of carbonyl (C=O) groups excluding carboxylic acids is 1. The van der Waals surface area contributed by atoms with Crippen molar-refractivity contribution in [1.29, 1.82) is 0 Å². The maximum atomic E-state index is 12.4. The summed E-state index contributed by atoms with van der Waals surface area (Å²) in [5.41, 5.74) is 5.77. The Hall–Kier alpha value is -2.53. The van der Waals surface area contributed by atoms with Crippen molar-refractivity contribution in [2.24, 2.45) is 0 Å². The monoisotopic (exact) mass is 409 g/mol. The van der Waals surface area contributed by atoms with E-state index in [1.807, 2.05) is 32.9 Å². The van der Waals surface area contributed by atoms with Crippen molar-refractivity contribution in [2.45, 2.75) is 45.9 Å². The number of hydrogen-bond acceptors (Lipinski definition) is 4. The number of rotatable bonds is 7. The Balaban J connectivity index is 1.61. The highest BCUT2D eigenvalue weighted by molar-refractivity contribution is 7.99. The minimum atomic E-state index is -0.357. The number of fused-ring (bicyclic) bond motifs is 1. The van der Waals surface area contributed by atoms with Crippen LogP contribution in [-0.4, -0.2) is 11.7 Å². The van der Waals surface area contributed by atoms with Crippen LogP contribution in [0.4, 0.5) is 0 Å². The standard InChI is InChI=1S/C24H27NO3S/c1-5-18-6-8-19(9-7-18)17(4)25-23(26)14-29-13-20-12-24(27)28-22-11-16(3)15(2)10-21(20)22/h6-12,17H,5,13-14H2,1-4H3,(H,25,26)/t17-/m0/s1. The Morgan fingerprint density at radius 3 is 2.48 bits per heavy atom. The number of aryl methyl sites for hydroxylation is 3. The largest absolute Gasteiger partial charge is 0.423 e. The molecule has 5 heteroatoms. The van der Waals surface area contributed by atoms with Crippen molar-refractivity contribution in [1.82, 2.24) is 5.32 Å². The number of nitrogens with one attached hydrogen (secondary N) is 1. The third kappa shape index (κ3) is 5.30. The zero-order valence-corrected chi connectivity index (χ0v) is 18.2. The molecule has 1 heterocycles. The predicted octanol–water partition coefficient (Wildman–Crippen LogP) is 5.08. The van der Waals surface area contributed by atoms with Gasteiger partial charge in [0.2, 0.25) is 5.91 Å². The molecule has 152 valence electrons. The molecule has 1 atom stereocenters. The molecule has 2 aromatic carbocycles. The third-order valence-corrected chi connectivity index (χ3v) is 6.18. The third-order valence-electron chi connectivity index (χ3n) is 5.20. The zero-order chi connectivity index (χ0) is 21.0. The van der Waals surface area contributed by atoms with E-state index in [1.165, 1.54) is 23.4 Å². The lowest BCUT2D eigenvalue weighted by Crippen LogP contribution is -2.28. The molecule has 1 N–H and O–H groups in total. The molecule has 0 fully saturated rings. The fourth-order valence-corrected chi connectivity index (χ4v) is 4.09. The van der Waals surface area contributed by atoms with Crippen LogP contribution in [0, 0.1) is 13.8 Å². The first-order chi connectivity index (χ1) is 13.9. The topological polar surface area (TPSA) is 59.3 Å². The van der Waals surface area contributed by atoms with Crippen molar-refractivity contribution in [3.63, 3.8) is 0 Å². The highest BCUT2D eigenvalue weighted by atomic mass is 32.2. The average molecular weight is 410 g/mol. The predicted molar refractivity (Wildman–Crippen MR) is 120 cm³/mol.